The predicted octanol–water partition coefficient (Wildman–Crippen LogP) is 3.06. The highest BCUT2D eigenvalue weighted by atomic mass is 19.1. The Labute approximate surface area is 116 Å². The lowest BCUT2D eigenvalue weighted by atomic mass is 10.1. The summed E-state index contributed by atoms with van der Waals surface area (Å²) in [5, 5.41) is 9.10. The average molecular weight is 277 g/mol. The molecule has 1 aromatic heterocycles. The number of carboxylic acid groups (broad SMARTS) is 1. The van der Waals surface area contributed by atoms with Crippen LogP contribution in [0.5, 0.6) is 0 Å². The summed E-state index contributed by atoms with van der Waals surface area (Å²) < 4.78 is 18.3. The minimum atomic E-state index is -1.12. The Morgan fingerprint density at radius 2 is 2.00 bits per heavy atom. The highest BCUT2D eigenvalue weighted by molar-refractivity contribution is 5.89. The maximum Gasteiger partial charge on any atom is 0.336 e. The van der Waals surface area contributed by atoms with Gasteiger partial charge < -0.3 is 9.52 Å². The van der Waals surface area contributed by atoms with Crippen LogP contribution in [0.25, 0.3) is 0 Å². The number of aromatic carboxylic acids is 1. The first kappa shape index (κ1) is 14.3. The van der Waals surface area contributed by atoms with Gasteiger partial charge in [0, 0.05) is 18.7 Å². The van der Waals surface area contributed by atoms with Crippen LogP contribution >= 0.6 is 0 Å². The molecule has 1 N–H and O–H groups in total. The van der Waals surface area contributed by atoms with Gasteiger partial charge in [-0.25, -0.2) is 9.18 Å². The maximum atomic E-state index is 13.1. The summed E-state index contributed by atoms with van der Waals surface area (Å²) in [6.45, 7) is 2.94. The molecule has 0 saturated carbocycles. The number of hydrogen-bond acceptors (Lipinski definition) is 3. The molecule has 5 heteroatoms. The molecule has 0 radical (unpaired) electrons. The number of carboxylic acids is 1. The molecule has 0 saturated heterocycles. The number of aryl methyl sites for hydroxylation is 1. The molecular weight excluding hydrogens is 261 g/mol. The Bertz CT molecular complexity index is 621. The van der Waals surface area contributed by atoms with Crippen LogP contribution in [-0.2, 0) is 13.1 Å². The maximum absolute atomic E-state index is 13.1. The largest absolute Gasteiger partial charge is 0.478 e. The van der Waals surface area contributed by atoms with Gasteiger partial charge in [0.1, 0.15) is 11.6 Å². The number of halogens is 1. The van der Waals surface area contributed by atoms with Crippen LogP contribution in [-0.4, -0.2) is 23.0 Å². The SMILES string of the molecule is Cc1occc1CN(C)Cc1ccc(F)cc1C(=O)O. The number of carbonyl (C=O) groups is 1. The van der Waals surface area contributed by atoms with Crippen molar-refractivity contribution in [1.82, 2.24) is 4.90 Å². The van der Waals surface area contributed by atoms with E-state index in [1.165, 1.54) is 12.1 Å². The molecule has 0 aliphatic heterocycles. The van der Waals surface area contributed by atoms with Gasteiger partial charge in [-0.1, -0.05) is 6.07 Å². The summed E-state index contributed by atoms with van der Waals surface area (Å²) in [5.74, 6) is -0.818. The van der Waals surface area contributed by atoms with Crippen molar-refractivity contribution in [2.45, 2.75) is 20.0 Å². The second-order valence-electron chi connectivity index (χ2n) is 4.78. The quantitative estimate of drug-likeness (QED) is 0.912. The van der Waals surface area contributed by atoms with Crippen molar-refractivity contribution < 1.29 is 18.7 Å². The van der Waals surface area contributed by atoms with Crippen molar-refractivity contribution >= 4 is 5.97 Å². The first-order valence-corrected chi connectivity index (χ1v) is 6.20. The number of rotatable bonds is 5. The minimum Gasteiger partial charge on any atom is -0.478 e. The predicted molar refractivity (Wildman–Crippen MR) is 72.0 cm³/mol. The fourth-order valence-electron chi connectivity index (χ4n) is 2.10. The van der Waals surface area contributed by atoms with Crippen LogP contribution in [0, 0.1) is 12.7 Å². The van der Waals surface area contributed by atoms with Crippen LogP contribution in [0.1, 0.15) is 27.2 Å². The van der Waals surface area contributed by atoms with Crippen LogP contribution in [0.4, 0.5) is 4.39 Å². The van der Waals surface area contributed by atoms with Gasteiger partial charge >= 0.3 is 5.97 Å². The van der Waals surface area contributed by atoms with E-state index in [0.717, 1.165) is 17.4 Å². The molecule has 0 amide bonds. The summed E-state index contributed by atoms with van der Waals surface area (Å²) in [7, 11) is 1.88. The number of hydrogen-bond donors (Lipinski definition) is 1. The Morgan fingerprint density at radius 1 is 1.30 bits per heavy atom. The molecule has 0 atom stereocenters. The third-order valence-corrected chi connectivity index (χ3v) is 3.15. The van der Waals surface area contributed by atoms with Crippen molar-refractivity contribution in [3.8, 4) is 0 Å². The van der Waals surface area contributed by atoms with E-state index in [-0.39, 0.29) is 5.56 Å². The molecule has 2 aromatic rings. The van der Waals surface area contributed by atoms with E-state index >= 15 is 0 Å². The van der Waals surface area contributed by atoms with E-state index in [9.17, 15) is 9.18 Å². The van der Waals surface area contributed by atoms with Gasteiger partial charge in [-0.3, -0.25) is 4.90 Å². The minimum absolute atomic E-state index is 0.000709. The molecule has 0 bridgehead atoms. The van der Waals surface area contributed by atoms with Crippen LogP contribution in [0.15, 0.2) is 34.9 Å². The molecule has 4 nitrogen and oxygen atoms in total. The van der Waals surface area contributed by atoms with Crippen LogP contribution in [0.3, 0.4) is 0 Å². The summed E-state index contributed by atoms with van der Waals surface area (Å²) >= 11 is 0. The lowest BCUT2D eigenvalue weighted by Crippen LogP contribution is -2.19. The second-order valence-corrected chi connectivity index (χ2v) is 4.78. The molecule has 0 spiro atoms. The van der Waals surface area contributed by atoms with E-state index in [1.807, 2.05) is 24.9 Å². The summed E-state index contributed by atoms with van der Waals surface area (Å²) in [4.78, 5) is 13.1. The monoisotopic (exact) mass is 277 g/mol. The Hall–Kier alpha value is -2.14. The topological polar surface area (TPSA) is 53.7 Å². The van der Waals surface area contributed by atoms with Gasteiger partial charge in [-0.05, 0) is 37.7 Å². The molecule has 0 fully saturated rings. The highest BCUT2D eigenvalue weighted by Crippen LogP contribution is 2.16. The highest BCUT2D eigenvalue weighted by Gasteiger charge is 2.14. The second kappa shape index (κ2) is 5.88. The Morgan fingerprint density at radius 3 is 2.60 bits per heavy atom. The van der Waals surface area contributed by atoms with Gasteiger partial charge in [0.05, 0.1) is 11.8 Å². The molecule has 0 aliphatic carbocycles. The molecule has 2 rings (SSSR count). The van der Waals surface area contributed by atoms with Gasteiger partial charge in [-0.2, -0.15) is 0 Å². The number of furan rings is 1. The molecular formula is C15H16FNO3. The van der Waals surface area contributed by atoms with Crippen LogP contribution in [0.2, 0.25) is 0 Å². The molecule has 0 unspecified atom stereocenters. The van der Waals surface area contributed by atoms with Gasteiger partial charge in [0.25, 0.3) is 0 Å². The van der Waals surface area contributed by atoms with Gasteiger partial charge in [0.2, 0.25) is 0 Å². The normalized spacial score (nSPS) is 11.0. The van der Waals surface area contributed by atoms with Crippen molar-refractivity contribution in [2.75, 3.05) is 7.05 Å². The fraction of sp³-hybridized carbons (Fsp3) is 0.267. The summed E-state index contributed by atoms with van der Waals surface area (Å²) in [6.07, 6.45) is 1.62. The van der Waals surface area contributed by atoms with Crippen molar-refractivity contribution in [3.05, 3.63) is 58.8 Å². The third kappa shape index (κ3) is 3.24. The van der Waals surface area contributed by atoms with Crippen molar-refractivity contribution in [3.63, 3.8) is 0 Å². The van der Waals surface area contributed by atoms with E-state index in [2.05, 4.69) is 0 Å². The zero-order valence-electron chi connectivity index (χ0n) is 11.4. The van der Waals surface area contributed by atoms with Gasteiger partial charge in [-0.15, -0.1) is 0 Å². The molecule has 1 heterocycles. The summed E-state index contributed by atoms with van der Waals surface area (Å²) in [6, 6.07) is 5.72. The lowest BCUT2D eigenvalue weighted by Gasteiger charge is -2.17. The number of benzene rings is 1. The molecule has 20 heavy (non-hydrogen) atoms. The first-order valence-electron chi connectivity index (χ1n) is 6.20. The summed E-state index contributed by atoms with van der Waals surface area (Å²) in [5.41, 5.74) is 1.63. The average Bonchev–Trinajstić information content (AvgIpc) is 2.77. The number of nitrogens with zero attached hydrogens (tertiary/aromatic N) is 1. The molecule has 1 aromatic carbocycles. The van der Waals surface area contributed by atoms with E-state index in [1.54, 1.807) is 6.26 Å². The van der Waals surface area contributed by atoms with Crippen molar-refractivity contribution in [2.24, 2.45) is 0 Å². The zero-order chi connectivity index (χ0) is 14.7. The van der Waals surface area contributed by atoms with Crippen molar-refractivity contribution in [1.29, 1.82) is 0 Å². The van der Waals surface area contributed by atoms with E-state index < -0.39 is 11.8 Å². The zero-order valence-corrected chi connectivity index (χ0v) is 11.4. The molecule has 0 aliphatic rings. The van der Waals surface area contributed by atoms with Gasteiger partial charge in [0.15, 0.2) is 0 Å². The standard InChI is InChI=1S/C15H16FNO3/c1-10-11(5-6-20-10)8-17(2)9-12-3-4-13(16)7-14(12)15(18)19/h3-7H,8-9H2,1-2H3,(H,18,19). The Kier molecular flexibility index (Phi) is 4.20. The Balaban J connectivity index is 2.13. The van der Waals surface area contributed by atoms with E-state index in [0.29, 0.717) is 18.7 Å². The van der Waals surface area contributed by atoms with E-state index in [4.69, 9.17) is 9.52 Å². The fourth-order valence-corrected chi connectivity index (χ4v) is 2.10. The third-order valence-electron chi connectivity index (χ3n) is 3.15. The smallest absolute Gasteiger partial charge is 0.336 e. The van der Waals surface area contributed by atoms with Crippen LogP contribution < -0.4 is 0 Å². The first-order chi connectivity index (χ1) is 9.47. The lowest BCUT2D eigenvalue weighted by molar-refractivity contribution is 0.0694. The molecule has 106 valence electrons.